The Morgan fingerprint density at radius 1 is 1.12 bits per heavy atom. The van der Waals surface area contributed by atoms with Gasteiger partial charge in [0.2, 0.25) is 5.91 Å². The van der Waals surface area contributed by atoms with Crippen LogP contribution in [0.2, 0.25) is 5.02 Å². The van der Waals surface area contributed by atoms with E-state index >= 15 is 0 Å². The number of hydrogen-bond donors (Lipinski definition) is 2. The van der Waals surface area contributed by atoms with Gasteiger partial charge in [-0.25, -0.2) is 0 Å². The molecule has 176 valence electrons. The van der Waals surface area contributed by atoms with Crippen molar-refractivity contribution in [1.82, 2.24) is 9.88 Å². The minimum absolute atomic E-state index is 0.0371. The third-order valence-electron chi connectivity index (χ3n) is 5.88. The lowest BCUT2D eigenvalue weighted by Gasteiger charge is -2.14. The average Bonchev–Trinajstić information content (AvgIpc) is 3.07. The Morgan fingerprint density at radius 3 is 2.52 bits per heavy atom. The number of amides is 1. The number of unbranched alkanes of at least 4 members (excludes halogenated alkanes) is 2. The fourth-order valence-electron chi connectivity index (χ4n) is 4.09. The number of ether oxygens (including phenoxy) is 1. The zero-order valence-electron chi connectivity index (χ0n) is 19.4. The highest BCUT2D eigenvalue weighted by Gasteiger charge is 2.22. The van der Waals surface area contributed by atoms with Gasteiger partial charge < -0.3 is 15.2 Å². The summed E-state index contributed by atoms with van der Waals surface area (Å²) in [6, 6.07) is 12.3. The van der Waals surface area contributed by atoms with Crippen LogP contribution in [0.4, 0.5) is 0 Å². The third kappa shape index (κ3) is 5.95. The molecule has 6 nitrogen and oxygen atoms in total. The number of hydrogen-bond acceptors (Lipinski definition) is 4. The van der Waals surface area contributed by atoms with Crippen LogP contribution in [-0.4, -0.2) is 41.2 Å². The van der Waals surface area contributed by atoms with Crippen molar-refractivity contribution in [3.8, 4) is 5.75 Å². The zero-order chi connectivity index (χ0) is 24.0. The van der Waals surface area contributed by atoms with Gasteiger partial charge >= 0.3 is 0 Å². The number of aromatic nitrogens is 1. The fourth-order valence-corrected chi connectivity index (χ4v) is 4.22. The summed E-state index contributed by atoms with van der Waals surface area (Å²) in [7, 11) is 1.59. The first-order chi connectivity index (χ1) is 15.8. The van der Waals surface area contributed by atoms with Gasteiger partial charge in [-0.2, -0.15) is 0 Å². The smallest absolute Gasteiger partial charge is 0.262 e. The number of carbonyl (C=O) groups excluding carboxylic acids is 2. The first kappa shape index (κ1) is 24.8. The second-order valence-electron chi connectivity index (χ2n) is 8.31. The van der Waals surface area contributed by atoms with E-state index in [1.807, 2.05) is 32.0 Å². The Hall–Kier alpha value is -2.83. The molecule has 3 rings (SSSR count). The molecule has 1 atom stereocenters. The first-order valence-corrected chi connectivity index (χ1v) is 11.6. The van der Waals surface area contributed by atoms with Crippen LogP contribution in [-0.2, 0) is 11.2 Å². The molecule has 0 saturated heterocycles. The van der Waals surface area contributed by atoms with Gasteiger partial charge in [-0.05, 0) is 74.7 Å². The Kier molecular flexibility index (Phi) is 8.53. The lowest BCUT2D eigenvalue weighted by molar-refractivity contribution is -0.121. The number of fused-ring (bicyclic) bond motifs is 1. The maximum atomic E-state index is 13.4. The normalized spacial score (nSPS) is 12.0. The number of methoxy groups -OCH3 is 1. The van der Waals surface area contributed by atoms with E-state index in [9.17, 15) is 9.59 Å². The van der Waals surface area contributed by atoms with Gasteiger partial charge in [0.05, 0.1) is 19.0 Å². The largest absolute Gasteiger partial charge is 0.497 e. The molecule has 3 aromatic rings. The van der Waals surface area contributed by atoms with Crippen LogP contribution in [0.3, 0.4) is 0 Å². The number of benzene rings is 2. The van der Waals surface area contributed by atoms with Crippen molar-refractivity contribution in [2.45, 2.75) is 52.0 Å². The molecule has 1 amide bonds. The van der Waals surface area contributed by atoms with E-state index in [1.54, 1.807) is 35.9 Å². The lowest BCUT2D eigenvalue weighted by atomic mass is 10.1. The predicted octanol–water partition coefficient (Wildman–Crippen LogP) is 4.90. The van der Waals surface area contributed by atoms with E-state index in [0.29, 0.717) is 16.3 Å². The van der Waals surface area contributed by atoms with Crippen LogP contribution >= 0.6 is 11.6 Å². The van der Waals surface area contributed by atoms with Crippen molar-refractivity contribution in [2.24, 2.45) is 0 Å². The van der Waals surface area contributed by atoms with Gasteiger partial charge in [0, 0.05) is 34.3 Å². The molecule has 0 unspecified atom stereocenters. The average molecular weight is 471 g/mol. The molecule has 7 heteroatoms. The number of carbonyl (C=O) groups is 2. The van der Waals surface area contributed by atoms with Crippen molar-refractivity contribution in [1.29, 1.82) is 0 Å². The fraction of sp³-hybridized carbons (Fsp3) is 0.385. The molecule has 1 heterocycles. The quantitative estimate of drug-likeness (QED) is 0.413. The minimum Gasteiger partial charge on any atom is -0.497 e. The molecule has 0 bridgehead atoms. The number of aliphatic hydroxyl groups is 1. The standard InChI is InChI=1S/C26H31ClN2O4/c1-17(7-5-4-6-14-30)28-25(31)16-22-18(2)29(24-13-12-21(33-3)15-23(22)24)26(32)19-8-10-20(27)11-9-19/h8-13,15,17,30H,4-7,14,16H2,1-3H3,(H,28,31)/t17-/m1/s1. The molecule has 1 aromatic heterocycles. The van der Waals surface area contributed by atoms with Crippen molar-refractivity contribution in [3.63, 3.8) is 0 Å². The highest BCUT2D eigenvalue weighted by molar-refractivity contribution is 6.30. The van der Waals surface area contributed by atoms with Gasteiger partial charge in [-0.1, -0.05) is 24.4 Å². The van der Waals surface area contributed by atoms with Gasteiger partial charge in [-0.15, -0.1) is 0 Å². The lowest BCUT2D eigenvalue weighted by Crippen LogP contribution is -2.33. The molecule has 2 N–H and O–H groups in total. The summed E-state index contributed by atoms with van der Waals surface area (Å²) in [4.78, 5) is 26.2. The zero-order valence-corrected chi connectivity index (χ0v) is 20.1. The second-order valence-corrected chi connectivity index (χ2v) is 8.75. The van der Waals surface area contributed by atoms with Crippen LogP contribution in [0.5, 0.6) is 5.75 Å². The Bertz CT molecular complexity index is 1120. The number of rotatable bonds is 10. The summed E-state index contributed by atoms with van der Waals surface area (Å²) in [6.45, 7) is 4.05. The Morgan fingerprint density at radius 2 is 1.85 bits per heavy atom. The summed E-state index contributed by atoms with van der Waals surface area (Å²) in [5, 5.41) is 13.3. The van der Waals surface area contributed by atoms with E-state index < -0.39 is 0 Å². The first-order valence-electron chi connectivity index (χ1n) is 11.2. The summed E-state index contributed by atoms with van der Waals surface area (Å²) in [6.07, 6.45) is 3.69. The Labute approximate surface area is 199 Å². The molecule has 0 saturated carbocycles. The minimum atomic E-state index is -0.178. The van der Waals surface area contributed by atoms with Gasteiger partial charge in [0.1, 0.15) is 5.75 Å². The maximum Gasteiger partial charge on any atom is 0.262 e. The van der Waals surface area contributed by atoms with E-state index in [1.165, 1.54) is 0 Å². The molecule has 0 radical (unpaired) electrons. The number of aliphatic hydroxyl groups excluding tert-OH is 1. The van der Waals surface area contributed by atoms with Crippen LogP contribution in [0.1, 0.15) is 54.2 Å². The van der Waals surface area contributed by atoms with Crippen molar-refractivity contribution in [3.05, 3.63) is 64.3 Å². The Balaban J connectivity index is 1.89. The summed E-state index contributed by atoms with van der Waals surface area (Å²) >= 11 is 5.98. The summed E-state index contributed by atoms with van der Waals surface area (Å²) in [5.74, 6) is 0.398. The van der Waals surface area contributed by atoms with E-state index in [4.69, 9.17) is 21.4 Å². The number of nitrogens with one attached hydrogen (secondary N) is 1. The molecule has 0 aliphatic heterocycles. The van der Waals surface area contributed by atoms with E-state index in [2.05, 4.69) is 5.32 Å². The van der Waals surface area contributed by atoms with Crippen LogP contribution in [0, 0.1) is 6.92 Å². The SMILES string of the molecule is COc1ccc2c(c1)c(CC(=O)N[C@H](C)CCCCCO)c(C)n2C(=O)c1ccc(Cl)cc1. The topological polar surface area (TPSA) is 80.6 Å². The van der Waals surface area contributed by atoms with Crippen molar-refractivity contribution in [2.75, 3.05) is 13.7 Å². The monoisotopic (exact) mass is 470 g/mol. The highest BCUT2D eigenvalue weighted by atomic mass is 35.5. The molecule has 0 aliphatic rings. The molecular formula is C26H31ClN2O4. The van der Waals surface area contributed by atoms with Gasteiger partial charge in [0.25, 0.3) is 5.91 Å². The van der Waals surface area contributed by atoms with Crippen molar-refractivity contribution >= 4 is 34.3 Å². The molecule has 0 fully saturated rings. The number of halogens is 1. The number of nitrogens with zero attached hydrogens (tertiary/aromatic N) is 1. The predicted molar refractivity (Wildman–Crippen MR) is 131 cm³/mol. The molecule has 0 aliphatic carbocycles. The highest BCUT2D eigenvalue weighted by Crippen LogP contribution is 2.31. The van der Waals surface area contributed by atoms with Crippen LogP contribution in [0.25, 0.3) is 10.9 Å². The maximum absolute atomic E-state index is 13.4. The molecular weight excluding hydrogens is 440 g/mol. The van der Waals surface area contributed by atoms with Crippen LogP contribution in [0.15, 0.2) is 42.5 Å². The van der Waals surface area contributed by atoms with Gasteiger partial charge in [-0.3, -0.25) is 14.2 Å². The third-order valence-corrected chi connectivity index (χ3v) is 6.13. The van der Waals surface area contributed by atoms with Crippen LogP contribution < -0.4 is 10.1 Å². The summed E-state index contributed by atoms with van der Waals surface area (Å²) in [5.41, 5.74) is 2.77. The second kappa shape index (κ2) is 11.3. The molecule has 2 aromatic carbocycles. The van der Waals surface area contributed by atoms with Crippen molar-refractivity contribution < 1.29 is 19.4 Å². The molecule has 0 spiro atoms. The molecule has 33 heavy (non-hydrogen) atoms. The summed E-state index contributed by atoms with van der Waals surface area (Å²) < 4.78 is 7.04. The van der Waals surface area contributed by atoms with E-state index in [0.717, 1.165) is 47.8 Å². The van der Waals surface area contributed by atoms with Gasteiger partial charge in [0.15, 0.2) is 0 Å². The van der Waals surface area contributed by atoms with E-state index in [-0.39, 0.29) is 30.9 Å².